The summed E-state index contributed by atoms with van der Waals surface area (Å²) < 4.78 is 1.29. The van der Waals surface area contributed by atoms with Crippen LogP contribution in [0.15, 0.2) is 182 Å². The molecule has 14 aromatic rings. The molecule has 12 heteroatoms. The van der Waals surface area contributed by atoms with Gasteiger partial charge in [-0.05, 0) is 154 Å². The van der Waals surface area contributed by atoms with Gasteiger partial charge in [-0.2, -0.15) is 0 Å². The topological polar surface area (TPSA) is 156 Å². The lowest BCUT2D eigenvalue weighted by molar-refractivity contribution is 1.28. The average molecular weight is 870 g/mol. The van der Waals surface area contributed by atoms with E-state index in [-0.39, 0.29) is 0 Å². The number of nitrogens with one attached hydrogen (secondary N) is 5. The van der Waals surface area contributed by atoms with E-state index in [2.05, 4.69) is 162 Å². The Morgan fingerprint density at radius 3 is 1.20 bits per heavy atom. The standard InChI is InChI=1S/C27H18N6.C27H17N5S/c1-5-22-24(32-26(30-22)16-7-10-28-11-8-16)14-17(1)18-2-6-23-25(15-18)33-27(31-23)20-3-4-21-19(13-20)9-12-29-21;1-4-21-23(31-26(29-21)16-7-10-28-11-8-16)14-17(1)18-2-5-22-24(15-18)32-27(30-22)20-3-6-25-19(13-20)9-12-33-25/h1-15,29H,(H,30,32)(H,31,33);1-15H,(H,29,31)(H,30,32). The average Bonchev–Trinajstić information content (AvgIpc) is 4.24. The first kappa shape index (κ1) is 37.5. The third-order valence-corrected chi connectivity index (χ3v) is 13.0. The largest absolute Gasteiger partial charge is 0.361 e. The summed E-state index contributed by atoms with van der Waals surface area (Å²) in [5.74, 6) is 3.45. The Kier molecular flexibility index (Phi) is 8.74. The van der Waals surface area contributed by atoms with Crippen molar-refractivity contribution in [3.05, 3.63) is 182 Å². The lowest BCUT2D eigenvalue weighted by atomic mass is 10.0. The number of benzene rings is 6. The molecule has 0 fully saturated rings. The molecule has 0 saturated carbocycles. The molecule has 0 amide bonds. The van der Waals surface area contributed by atoms with Gasteiger partial charge >= 0.3 is 0 Å². The van der Waals surface area contributed by atoms with Crippen molar-refractivity contribution in [3.63, 3.8) is 0 Å². The van der Waals surface area contributed by atoms with Crippen LogP contribution >= 0.6 is 11.3 Å². The number of fused-ring (bicyclic) bond motifs is 6. The first-order chi connectivity index (χ1) is 32.6. The smallest absolute Gasteiger partial charge is 0.138 e. The van der Waals surface area contributed by atoms with Gasteiger partial charge in [0.25, 0.3) is 0 Å². The predicted octanol–water partition coefficient (Wildman–Crippen LogP) is 13.4. The van der Waals surface area contributed by atoms with E-state index in [0.29, 0.717) is 0 Å². The second-order valence-electron chi connectivity index (χ2n) is 16.2. The van der Waals surface area contributed by atoms with Gasteiger partial charge in [0.1, 0.15) is 23.3 Å². The fraction of sp³-hybridized carbons (Fsp3) is 0. The number of hydrogen-bond acceptors (Lipinski definition) is 7. The highest BCUT2D eigenvalue weighted by atomic mass is 32.1. The Morgan fingerprint density at radius 1 is 0.318 bits per heavy atom. The van der Waals surface area contributed by atoms with E-state index in [9.17, 15) is 0 Å². The van der Waals surface area contributed by atoms with Crippen molar-refractivity contribution in [1.82, 2.24) is 54.8 Å². The summed E-state index contributed by atoms with van der Waals surface area (Å²) in [4.78, 5) is 44.4. The number of hydrogen-bond donors (Lipinski definition) is 5. The highest BCUT2D eigenvalue weighted by Gasteiger charge is 2.13. The predicted molar refractivity (Wildman–Crippen MR) is 267 cm³/mol. The van der Waals surface area contributed by atoms with Gasteiger partial charge in [0.05, 0.1) is 44.1 Å². The monoisotopic (exact) mass is 869 g/mol. The number of pyridine rings is 2. The van der Waals surface area contributed by atoms with Gasteiger partial charge in [-0.15, -0.1) is 11.3 Å². The number of aromatic amines is 5. The first-order valence-corrected chi connectivity index (χ1v) is 22.3. The molecule has 6 aromatic carbocycles. The van der Waals surface area contributed by atoms with Crippen LogP contribution in [0.2, 0.25) is 0 Å². The number of H-pyrrole nitrogens is 5. The highest BCUT2D eigenvalue weighted by molar-refractivity contribution is 7.17. The molecule has 66 heavy (non-hydrogen) atoms. The minimum absolute atomic E-state index is 0.845. The second-order valence-corrected chi connectivity index (χ2v) is 17.1. The van der Waals surface area contributed by atoms with Crippen molar-refractivity contribution in [3.8, 4) is 67.8 Å². The number of thiophene rings is 1. The molecule has 0 saturated heterocycles. The Hall–Kier alpha value is -9.00. The Labute approximate surface area is 379 Å². The molecule has 8 aromatic heterocycles. The van der Waals surface area contributed by atoms with Crippen molar-refractivity contribution in [1.29, 1.82) is 0 Å². The van der Waals surface area contributed by atoms with Gasteiger partial charge < -0.3 is 24.9 Å². The summed E-state index contributed by atoms with van der Waals surface area (Å²) in [6.07, 6.45) is 9.06. The Bertz CT molecular complexity index is 3810. The van der Waals surface area contributed by atoms with Gasteiger partial charge in [0, 0.05) is 68.8 Å². The van der Waals surface area contributed by atoms with Crippen LogP contribution in [-0.4, -0.2) is 54.8 Å². The van der Waals surface area contributed by atoms with E-state index >= 15 is 0 Å². The van der Waals surface area contributed by atoms with Crippen molar-refractivity contribution in [2.45, 2.75) is 0 Å². The van der Waals surface area contributed by atoms with Crippen molar-refractivity contribution in [2.24, 2.45) is 0 Å². The quantitative estimate of drug-likeness (QED) is 0.112. The van der Waals surface area contributed by atoms with Gasteiger partial charge in [0.2, 0.25) is 0 Å². The molecular weight excluding hydrogens is 835 g/mol. The Morgan fingerprint density at radius 2 is 0.727 bits per heavy atom. The fourth-order valence-corrected chi connectivity index (χ4v) is 9.41. The van der Waals surface area contributed by atoms with Crippen LogP contribution in [-0.2, 0) is 0 Å². The van der Waals surface area contributed by atoms with Gasteiger partial charge in [0.15, 0.2) is 0 Å². The van der Waals surface area contributed by atoms with Gasteiger partial charge in [-0.1, -0.05) is 24.3 Å². The molecule has 0 unspecified atom stereocenters. The van der Waals surface area contributed by atoms with Crippen LogP contribution < -0.4 is 0 Å². The van der Waals surface area contributed by atoms with E-state index < -0.39 is 0 Å². The molecule has 312 valence electrons. The molecule has 0 aliphatic rings. The molecule has 11 nitrogen and oxygen atoms in total. The summed E-state index contributed by atoms with van der Waals surface area (Å²) in [5.41, 5.74) is 17.7. The van der Waals surface area contributed by atoms with Crippen LogP contribution in [0.5, 0.6) is 0 Å². The molecule has 0 aliphatic carbocycles. The normalized spacial score (nSPS) is 11.6. The zero-order valence-corrected chi connectivity index (χ0v) is 35.7. The molecule has 0 atom stereocenters. The van der Waals surface area contributed by atoms with Crippen molar-refractivity contribution in [2.75, 3.05) is 0 Å². The van der Waals surface area contributed by atoms with E-state index in [1.54, 1.807) is 36.1 Å². The third kappa shape index (κ3) is 6.85. The van der Waals surface area contributed by atoms with Crippen molar-refractivity contribution < 1.29 is 0 Å². The summed E-state index contributed by atoms with van der Waals surface area (Å²) in [6, 6.07) is 50.2. The molecule has 0 radical (unpaired) electrons. The summed E-state index contributed by atoms with van der Waals surface area (Å²) in [7, 11) is 0. The lowest BCUT2D eigenvalue weighted by Gasteiger charge is -2.01. The molecule has 0 spiro atoms. The molecule has 0 aliphatic heterocycles. The molecule has 14 rings (SSSR count). The Balaban J connectivity index is 0.000000132. The van der Waals surface area contributed by atoms with Gasteiger partial charge in [-0.3, -0.25) is 9.97 Å². The zero-order chi connectivity index (χ0) is 43.6. The number of aromatic nitrogens is 11. The molecule has 0 bridgehead atoms. The van der Waals surface area contributed by atoms with Crippen LogP contribution in [0.4, 0.5) is 0 Å². The van der Waals surface area contributed by atoms with Crippen LogP contribution in [0, 0.1) is 0 Å². The van der Waals surface area contributed by atoms with E-state index in [0.717, 1.165) is 117 Å². The molecular formula is C54H35N11S. The van der Waals surface area contributed by atoms with Crippen LogP contribution in [0.3, 0.4) is 0 Å². The number of imidazole rings is 4. The maximum absolute atomic E-state index is 4.82. The first-order valence-electron chi connectivity index (χ1n) is 21.5. The second kappa shape index (κ2) is 15.4. The summed E-state index contributed by atoms with van der Waals surface area (Å²) in [5, 5.41) is 4.54. The van der Waals surface area contributed by atoms with Crippen LogP contribution in [0.1, 0.15) is 0 Å². The molecule has 8 heterocycles. The molecule has 5 N–H and O–H groups in total. The van der Waals surface area contributed by atoms with E-state index in [1.807, 2.05) is 30.5 Å². The summed E-state index contributed by atoms with van der Waals surface area (Å²) in [6.45, 7) is 0. The maximum atomic E-state index is 4.82. The summed E-state index contributed by atoms with van der Waals surface area (Å²) >= 11 is 1.76. The zero-order valence-electron chi connectivity index (χ0n) is 34.9. The third-order valence-electron chi connectivity index (χ3n) is 12.1. The maximum Gasteiger partial charge on any atom is 0.138 e. The fourth-order valence-electron chi connectivity index (χ4n) is 8.64. The van der Waals surface area contributed by atoms with E-state index in [4.69, 9.17) is 19.9 Å². The van der Waals surface area contributed by atoms with E-state index in [1.165, 1.54) is 15.5 Å². The van der Waals surface area contributed by atoms with Crippen molar-refractivity contribution >= 4 is 76.5 Å². The number of rotatable bonds is 6. The lowest BCUT2D eigenvalue weighted by Crippen LogP contribution is -1.80. The number of nitrogens with zero attached hydrogens (tertiary/aromatic N) is 6. The SMILES string of the molecule is c1cc(-c2nc3ccc(-c4ccc5nc(-c6ccc7[nH]ccc7c6)[nH]c5c4)cc3[nH]2)ccn1.c1cc(-c2nc3ccc(-c4ccc5nc(-c6ccc7sccc7c6)[nH]c5c4)cc3[nH]2)ccn1. The highest BCUT2D eigenvalue weighted by Crippen LogP contribution is 2.33. The minimum atomic E-state index is 0.845. The van der Waals surface area contributed by atoms with Gasteiger partial charge in [-0.25, -0.2) is 19.9 Å². The minimum Gasteiger partial charge on any atom is -0.361 e. The van der Waals surface area contributed by atoms with Crippen LogP contribution in [0.25, 0.3) is 133 Å².